The van der Waals surface area contributed by atoms with E-state index in [1.807, 2.05) is 38.1 Å². The lowest BCUT2D eigenvalue weighted by atomic mass is 10.1. The molecular formula is C16H25N3O2. The Hall–Kier alpha value is -1.88. The van der Waals surface area contributed by atoms with Crippen LogP contribution in [0.15, 0.2) is 24.3 Å². The number of nitrogens with one attached hydrogen (secondary N) is 1. The van der Waals surface area contributed by atoms with Gasteiger partial charge >= 0.3 is 0 Å². The molecule has 0 aliphatic carbocycles. The molecule has 0 heterocycles. The van der Waals surface area contributed by atoms with Crippen LogP contribution in [0.2, 0.25) is 0 Å². The van der Waals surface area contributed by atoms with Crippen molar-refractivity contribution in [2.24, 2.45) is 5.73 Å². The zero-order chi connectivity index (χ0) is 15.7. The van der Waals surface area contributed by atoms with Crippen LogP contribution in [-0.4, -0.2) is 36.3 Å². The first-order chi connectivity index (χ1) is 10.1. The summed E-state index contributed by atoms with van der Waals surface area (Å²) < 4.78 is 0. The molecule has 3 N–H and O–H groups in total. The molecule has 116 valence electrons. The Morgan fingerprint density at radius 1 is 1.10 bits per heavy atom. The molecular weight excluding hydrogens is 266 g/mol. The highest BCUT2D eigenvalue weighted by atomic mass is 16.2. The number of benzene rings is 1. The number of carbonyl (C=O) groups is 2. The minimum absolute atomic E-state index is 0.0668. The SMILES string of the molecule is CCN(CC)C(=O)CCNC(=O)Cc1ccc(CN)cc1. The highest BCUT2D eigenvalue weighted by Gasteiger charge is 2.10. The first kappa shape index (κ1) is 17.2. The summed E-state index contributed by atoms with van der Waals surface area (Å²) >= 11 is 0. The third kappa shape index (κ3) is 5.95. The highest BCUT2D eigenvalue weighted by Crippen LogP contribution is 2.04. The molecule has 5 heteroatoms. The van der Waals surface area contributed by atoms with Crippen LogP contribution in [0.4, 0.5) is 0 Å². The molecule has 0 saturated carbocycles. The van der Waals surface area contributed by atoms with Crippen LogP contribution in [0, 0.1) is 0 Å². The van der Waals surface area contributed by atoms with E-state index in [0.717, 1.165) is 11.1 Å². The number of nitrogens with two attached hydrogens (primary N) is 1. The third-order valence-electron chi connectivity index (χ3n) is 3.40. The van der Waals surface area contributed by atoms with Crippen LogP contribution in [0.1, 0.15) is 31.4 Å². The average Bonchev–Trinajstić information content (AvgIpc) is 2.49. The Bertz CT molecular complexity index is 453. The zero-order valence-electron chi connectivity index (χ0n) is 12.9. The van der Waals surface area contributed by atoms with Gasteiger partial charge in [-0.15, -0.1) is 0 Å². The van der Waals surface area contributed by atoms with Gasteiger partial charge < -0.3 is 16.0 Å². The Labute approximate surface area is 126 Å². The van der Waals surface area contributed by atoms with Gasteiger partial charge in [-0.1, -0.05) is 24.3 Å². The van der Waals surface area contributed by atoms with Gasteiger partial charge in [0.05, 0.1) is 6.42 Å². The van der Waals surface area contributed by atoms with Crippen molar-refractivity contribution in [3.05, 3.63) is 35.4 Å². The summed E-state index contributed by atoms with van der Waals surface area (Å²) in [6, 6.07) is 7.66. The summed E-state index contributed by atoms with van der Waals surface area (Å²) in [4.78, 5) is 25.3. The summed E-state index contributed by atoms with van der Waals surface area (Å²) in [5, 5.41) is 2.78. The van der Waals surface area contributed by atoms with E-state index in [-0.39, 0.29) is 11.8 Å². The third-order valence-corrected chi connectivity index (χ3v) is 3.40. The van der Waals surface area contributed by atoms with Gasteiger partial charge in [-0.2, -0.15) is 0 Å². The van der Waals surface area contributed by atoms with Crippen LogP contribution >= 0.6 is 0 Å². The quantitative estimate of drug-likeness (QED) is 0.752. The van der Waals surface area contributed by atoms with Crippen molar-refractivity contribution in [2.45, 2.75) is 33.2 Å². The zero-order valence-corrected chi connectivity index (χ0v) is 12.9. The van der Waals surface area contributed by atoms with Gasteiger partial charge in [0.15, 0.2) is 0 Å². The van der Waals surface area contributed by atoms with Crippen molar-refractivity contribution in [3.63, 3.8) is 0 Å². The van der Waals surface area contributed by atoms with Crippen LogP contribution in [-0.2, 0) is 22.6 Å². The summed E-state index contributed by atoms with van der Waals surface area (Å²) in [5.41, 5.74) is 7.52. The van der Waals surface area contributed by atoms with Crippen LogP contribution < -0.4 is 11.1 Å². The van der Waals surface area contributed by atoms with E-state index in [2.05, 4.69) is 5.32 Å². The van der Waals surface area contributed by atoms with Crippen molar-refractivity contribution in [1.82, 2.24) is 10.2 Å². The lowest BCUT2D eigenvalue weighted by molar-refractivity contribution is -0.130. The summed E-state index contributed by atoms with van der Waals surface area (Å²) in [6.45, 7) is 6.19. The van der Waals surface area contributed by atoms with Gasteiger partial charge in [0.1, 0.15) is 0 Å². The van der Waals surface area contributed by atoms with E-state index in [1.165, 1.54) is 0 Å². The minimum Gasteiger partial charge on any atom is -0.355 e. The van der Waals surface area contributed by atoms with E-state index >= 15 is 0 Å². The normalized spacial score (nSPS) is 10.2. The van der Waals surface area contributed by atoms with Crippen molar-refractivity contribution < 1.29 is 9.59 Å². The monoisotopic (exact) mass is 291 g/mol. The second-order valence-corrected chi connectivity index (χ2v) is 4.86. The predicted octanol–water partition coefficient (Wildman–Crippen LogP) is 1.06. The van der Waals surface area contributed by atoms with Crippen molar-refractivity contribution in [3.8, 4) is 0 Å². The maximum Gasteiger partial charge on any atom is 0.224 e. The number of hydrogen-bond acceptors (Lipinski definition) is 3. The van der Waals surface area contributed by atoms with Crippen molar-refractivity contribution >= 4 is 11.8 Å². The van der Waals surface area contributed by atoms with Gasteiger partial charge in [0.2, 0.25) is 11.8 Å². The van der Waals surface area contributed by atoms with Crippen LogP contribution in [0.25, 0.3) is 0 Å². The van der Waals surface area contributed by atoms with Gasteiger partial charge in [0, 0.05) is 32.6 Å². The average molecular weight is 291 g/mol. The lowest BCUT2D eigenvalue weighted by Gasteiger charge is -2.18. The van der Waals surface area contributed by atoms with E-state index in [1.54, 1.807) is 4.90 Å². The minimum atomic E-state index is -0.0668. The Morgan fingerprint density at radius 3 is 2.19 bits per heavy atom. The molecule has 0 radical (unpaired) electrons. The molecule has 0 unspecified atom stereocenters. The summed E-state index contributed by atoms with van der Waals surface area (Å²) in [6.07, 6.45) is 0.670. The lowest BCUT2D eigenvalue weighted by Crippen LogP contribution is -2.34. The van der Waals surface area contributed by atoms with Crippen LogP contribution in [0.3, 0.4) is 0 Å². The molecule has 0 aliphatic rings. The molecule has 2 amide bonds. The highest BCUT2D eigenvalue weighted by molar-refractivity contribution is 5.80. The molecule has 1 aromatic carbocycles. The number of amides is 2. The van der Waals surface area contributed by atoms with Crippen molar-refractivity contribution in [2.75, 3.05) is 19.6 Å². The summed E-state index contributed by atoms with van der Waals surface area (Å²) in [5.74, 6) is 0.00967. The van der Waals surface area contributed by atoms with Crippen molar-refractivity contribution in [1.29, 1.82) is 0 Å². The van der Waals surface area contributed by atoms with E-state index in [0.29, 0.717) is 39.0 Å². The second-order valence-electron chi connectivity index (χ2n) is 4.86. The number of rotatable bonds is 8. The smallest absolute Gasteiger partial charge is 0.224 e. The van der Waals surface area contributed by atoms with E-state index < -0.39 is 0 Å². The number of carbonyl (C=O) groups excluding carboxylic acids is 2. The molecule has 0 aliphatic heterocycles. The fourth-order valence-corrected chi connectivity index (χ4v) is 2.08. The molecule has 0 fully saturated rings. The molecule has 0 atom stereocenters. The van der Waals surface area contributed by atoms with Gasteiger partial charge in [-0.25, -0.2) is 0 Å². The van der Waals surface area contributed by atoms with Gasteiger partial charge in [0.25, 0.3) is 0 Å². The van der Waals surface area contributed by atoms with Crippen LogP contribution in [0.5, 0.6) is 0 Å². The molecule has 1 aromatic rings. The maximum atomic E-state index is 11.8. The first-order valence-corrected chi connectivity index (χ1v) is 7.43. The predicted molar refractivity (Wildman–Crippen MR) is 83.6 cm³/mol. The topological polar surface area (TPSA) is 75.4 Å². The molecule has 1 rings (SSSR count). The fraction of sp³-hybridized carbons (Fsp3) is 0.500. The molecule has 0 saturated heterocycles. The van der Waals surface area contributed by atoms with Gasteiger partial charge in [-0.05, 0) is 25.0 Å². The first-order valence-electron chi connectivity index (χ1n) is 7.43. The molecule has 0 aromatic heterocycles. The van der Waals surface area contributed by atoms with E-state index in [9.17, 15) is 9.59 Å². The van der Waals surface area contributed by atoms with E-state index in [4.69, 9.17) is 5.73 Å². The Kier molecular flexibility index (Phi) is 7.46. The Morgan fingerprint density at radius 2 is 1.67 bits per heavy atom. The molecule has 5 nitrogen and oxygen atoms in total. The number of nitrogens with zero attached hydrogens (tertiary/aromatic N) is 1. The largest absolute Gasteiger partial charge is 0.355 e. The second kappa shape index (κ2) is 9.13. The fourth-order valence-electron chi connectivity index (χ4n) is 2.08. The van der Waals surface area contributed by atoms with Gasteiger partial charge in [-0.3, -0.25) is 9.59 Å². The number of hydrogen-bond donors (Lipinski definition) is 2. The summed E-state index contributed by atoms with van der Waals surface area (Å²) in [7, 11) is 0. The molecule has 0 bridgehead atoms. The maximum absolute atomic E-state index is 11.8. The Balaban J connectivity index is 2.32. The molecule has 0 spiro atoms. The molecule has 21 heavy (non-hydrogen) atoms. The standard InChI is InChI=1S/C16H25N3O2/c1-3-19(4-2)16(21)9-10-18-15(20)11-13-5-7-14(12-17)8-6-13/h5-8H,3-4,9-12,17H2,1-2H3,(H,18,20).